The van der Waals surface area contributed by atoms with E-state index in [2.05, 4.69) is 15.6 Å². The quantitative estimate of drug-likeness (QED) is 0.730. The number of hydrogen-bond acceptors (Lipinski definition) is 5. The molecule has 2 heterocycles. The molecule has 6 nitrogen and oxygen atoms in total. The van der Waals surface area contributed by atoms with Crippen LogP contribution in [0.3, 0.4) is 0 Å². The van der Waals surface area contributed by atoms with Crippen molar-refractivity contribution in [3.63, 3.8) is 0 Å². The van der Waals surface area contributed by atoms with E-state index in [-0.39, 0.29) is 5.91 Å². The summed E-state index contributed by atoms with van der Waals surface area (Å²) in [5.41, 5.74) is 3.21. The first-order chi connectivity index (χ1) is 13.2. The fraction of sp³-hybridized carbons (Fsp3) is 0.143. The summed E-state index contributed by atoms with van der Waals surface area (Å²) in [6, 6.07) is 16.7. The van der Waals surface area contributed by atoms with Crippen LogP contribution in [0, 0.1) is 6.92 Å². The zero-order valence-electron chi connectivity index (χ0n) is 14.9. The van der Waals surface area contributed by atoms with Gasteiger partial charge in [0.15, 0.2) is 11.5 Å². The first-order valence-electron chi connectivity index (χ1n) is 8.68. The number of nitrogens with zero attached hydrogens (tertiary/aromatic N) is 1. The summed E-state index contributed by atoms with van der Waals surface area (Å²) >= 11 is 0. The first kappa shape index (κ1) is 16.9. The molecule has 1 aromatic heterocycles. The third kappa shape index (κ3) is 4.00. The highest BCUT2D eigenvalue weighted by Gasteiger charge is 2.12. The third-order valence-corrected chi connectivity index (χ3v) is 4.15. The van der Waals surface area contributed by atoms with Crippen LogP contribution in [0.1, 0.15) is 15.9 Å². The zero-order valence-corrected chi connectivity index (χ0v) is 14.9. The zero-order chi connectivity index (χ0) is 18.6. The van der Waals surface area contributed by atoms with Crippen LogP contribution in [-0.2, 0) is 0 Å². The Labute approximate surface area is 157 Å². The number of pyridine rings is 1. The number of carbonyl (C=O) groups excluding carboxylic acids is 1. The lowest BCUT2D eigenvalue weighted by Crippen LogP contribution is -2.15. The molecule has 2 aromatic carbocycles. The Morgan fingerprint density at radius 2 is 1.67 bits per heavy atom. The predicted molar refractivity (Wildman–Crippen MR) is 104 cm³/mol. The fourth-order valence-corrected chi connectivity index (χ4v) is 2.72. The van der Waals surface area contributed by atoms with Gasteiger partial charge in [0, 0.05) is 17.3 Å². The van der Waals surface area contributed by atoms with Crippen LogP contribution < -0.4 is 20.1 Å². The van der Waals surface area contributed by atoms with Crippen molar-refractivity contribution in [3.8, 4) is 11.5 Å². The van der Waals surface area contributed by atoms with E-state index in [4.69, 9.17) is 9.47 Å². The number of aromatic nitrogens is 1. The van der Waals surface area contributed by atoms with Crippen LogP contribution >= 0.6 is 0 Å². The van der Waals surface area contributed by atoms with Crippen molar-refractivity contribution in [3.05, 3.63) is 71.9 Å². The van der Waals surface area contributed by atoms with E-state index in [1.165, 1.54) is 0 Å². The number of fused-ring (bicyclic) bond motifs is 1. The van der Waals surface area contributed by atoms with Crippen LogP contribution in [0.5, 0.6) is 11.5 Å². The van der Waals surface area contributed by atoms with Gasteiger partial charge < -0.3 is 20.1 Å². The Morgan fingerprint density at radius 3 is 2.41 bits per heavy atom. The second kappa shape index (κ2) is 7.37. The molecule has 6 heteroatoms. The monoisotopic (exact) mass is 361 g/mol. The Kier molecular flexibility index (Phi) is 4.61. The number of nitrogens with one attached hydrogen (secondary N) is 2. The summed E-state index contributed by atoms with van der Waals surface area (Å²) in [5.74, 6) is 1.96. The highest BCUT2D eigenvalue weighted by Crippen LogP contribution is 2.33. The van der Waals surface area contributed by atoms with E-state index in [1.807, 2.05) is 43.3 Å². The van der Waals surface area contributed by atoms with E-state index in [0.29, 0.717) is 36.0 Å². The fourth-order valence-electron chi connectivity index (χ4n) is 2.72. The van der Waals surface area contributed by atoms with Gasteiger partial charge in [-0.25, -0.2) is 4.98 Å². The van der Waals surface area contributed by atoms with Gasteiger partial charge >= 0.3 is 0 Å². The molecule has 0 aliphatic carbocycles. The smallest absolute Gasteiger partial charge is 0.255 e. The molecule has 0 saturated heterocycles. The van der Waals surface area contributed by atoms with Crippen molar-refractivity contribution >= 4 is 23.1 Å². The molecule has 0 unspecified atom stereocenters. The standard InChI is InChI=1S/C21H19N3O3/c1-14-2-4-15(5-3-14)21(25)24-17-7-9-20(22-13-17)23-16-6-8-18-19(12-16)27-11-10-26-18/h2-9,12-13H,10-11H2,1H3,(H,22,23)(H,24,25). The minimum atomic E-state index is -0.163. The molecule has 3 aromatic rings. The Morgan fingerprint density at radius 1 is 0.926 bits per heavy atom. The van der Waals surface area contributed by atoms with Crippen molar-refractivity contribution in [2.24, 2.45) is 0 Å². The number of hydrogen-bond donors (Lipinski definition) is 2. The van der Waals surface area contributed by atoms with E-state index in [1.54, 1.807) is 24.4 Å². The molecular weight excluding hydrogens is 342 g/mol. The van der Waals surface area contributed by atoms with Gasteiger partial charge in [0.1, 0.15) is 19.0 Å². The molecule has 0 fully saturated rings. The van der Waals surface area contributed by atoms with Gasteiger partial charge in [-0.3, -0.25) is 4.79 Å². The average Bonchev–Trinajstić information content (AvgIpc) is 2.70. The van der Waals surface area contributed by atoms with Crippen molar-refractivity contribution in [2.45, 2.75) is 6.92 Å². The highest BCUT2D eigenvalue weighted by molar-refractivity contribution is 6.04. The van der Waals surface area contributed by atoms with Crippen LogP contribution in [0.15, 0.2) is 60.8 Å². The second-order valence-corrected chi connectivity index (χ2v) is 6.24. The molecule has 1 aliphatic heterocycles. The van der Waals surface area contributed by atoms with Crippen LogP contribution in [0.4, 0.5) is 17.2 Å². The summed E-state index contributed by atoms with van der Waals surface area (Å²) in [4.78, 5) is 16.6. The van der Waals surface area contributed by atoms with E-state index < -0.39 is 0 Å². The molecule has 1 amide bonds. The maximum atomic E-state index is 12.3. The van der Waals surface area contributed by atoms with Gasteiger partial charge in [0.2, 0.25) is 0 Å². The minimum Gasteiger partial charge on any atom is -0.486 e. The lowest BCUT2D eigenvalue weighted by atomic mass is 10.1. The number of ether oxygens (including phenoxy) is 2. The van der Waals surface area contributed by atoms with Crippen LogP contribution in [-0.4, -0.2) is 24.1 Å². The maximum Gasteiger partial charge on any atom is 0.255 e. The van der Waals surface area contributed by atoms with Gasteiger partial charge in [0.05, 0.1) is 11.9 Å². The van der Waals surface area contributed by atoms with Gasteiger partial charge in [-0.1, -0.05) is 17.7 Å². The topological polar surface area (TPSA) is 72.5 Å². The molecule has 0 atom stereocenters. The first-order valence-corrected chi connectivity index (χ1v) is 8.68. The molecule has 0 bridgehead atoms. The highest BCUT2D eigenvalue weighted by atomic mass is 16.6. The summed E-state index contributed by atoms with van der Waals surface area (Å²) in [7, 11) is 0. The molecule has 0 radical (unpaired) electrons. The number of carbonyl (C=O) groups is 1. The van der Waals surface area contributed by atoms with E-state index >= 15 is 0 Å². The Bertz CT molecular complexity index is 953. The van der Waals surface area contributed by atoms with Crippen molar-refractivity contribution < 1.29 is 14.3 Å². The SMILES string of the molecule is Cc1ccc(C(=O)Nc2ccc(Nc3ccc4c(c3)OCCO4)nc2)cc1. The van der Waals surface area contributed by atoms with Crippen molar-refractivity contribution in [2.75, 3.05) is 23.8 Å². The van der Waals surface area contributed by atoms with E-state index in [9.17, 15) is 4.79 Å². The van der Waals surface area contributed by atoms with Gasteiger partial charge in [-0.2, -0.15) is 0 Å². The number of rotatable bonds is 4. The second-order valence-electron chi connectivity index (χ2n) is 6.24. The number of benzene rings is 2. The van der Waals surface area contributed by atoms with Crippen molar-refractivity contribution in [1.29, 1.82) is 0 Å². The van der Waals surface area contributed by atoms with Gasteiger partial charge in [-0.15, -0.1) is 0 Å². The summed E-state index contributed by atoms with van der Waals surface area (Å²) in [6.07, 6.45) is 1.62. The van der Waals surface area contributed by atoms with Gasteiger partial charge in [-0.05, 0) is 43.3 Å². The normalized spacial score (nSPS) is 12.3. The van der Waals surface area contributed by atoms with Crippen LogP contribution in [0.25, 0.3) is 0 Å². The summed E-state index contributed by atoms with van der Waals surface area (Å²) in [5, 5.41) is 6.06. The number of anilines is 3. The van der Waals surface area contributed by atoms with E-state index in [0.717, 1.165) is 17.0 Å². The summed E-state index contributed by atoms with van der Waals surface area (Å²) in [6.45, 7) is 3.10. The molecule has 4 rings (SSSR count). The lowest BCUT2D eigenvalue weighted by molar-refractivity contribution is 0.102. The Balaban J connectivity index is 1.41. The minimum absolute atomic E-state index is 0.163. The van der Waals surface area contributed by atoms with Crippen LogP contribution in [0.2, 0.25) is 0 Å². The predicted octanol–water partition coefficient (Wildman–Crippen LogP) is 4.16. The van der Waals surface area contributed by atoms with Gasteiger partial charge in [0.25, 0.3) is 5.91 Å². The summed E-state index contributed by atoms with van der Waals surface area (Å²) < 4.78 is 11.1. The average molecular weight is 361 g/mol. The Hall–Kier alpha value is -3.54. The molecule has 0 spiro atoms. The molecule has 27 heavy (non-hydrogen) atoms. The maximum absolute atomic E-state index is 12.3. The molecule has 2 N–H and O–H groups in total. The number of aryl methyl sites for hydroxylation is 1. The lowest BCUT2D eigenvalue weighted by Gasteiger charge is -2.19. The molecule has 1 aliphatic rings. The van der Waals surface area contributed by atoms with Crippen molar-refractivity contribution in [1.82, 2.24) is 4.98 Å². The third-order valence-electron chi connectivity index (χ3n) is 4.15. The largest absolute Gasteiger partial charge is 0.486 e. The molecule has 0 saturated carbocycles. The molecular formula is C21H19N3O3. The molecule has 136 valence electrons. The number of amides is 1.